The van der Waals surface area contributed by atoms with E-state index in [4.69, 9.17) is 4.42 Å². The van der Waals surface area contributed by atoms with Crippen LogP contribution in [0.25, 0.3) is 11.1 Å². The smallest absolute Gasteiger partial charge is 0.195 e. The molecule has 1 aliphatic rings. The molecule has 0 unspecified atom stereocenters. The second kappa shape index (κ2) is 6.40. The minimum Gasteiger partial charge on any atom is -0.441 e. The fourth-order valence-corrected chi connectivity index (χ4v) is 3.13. The van der Waals surface area contributed by atoms with Gasteiger partial charge in [0, 0.05) is 13.0 Å². The van der Waals surface area contributed by atoms with Gasteiger partial charge in [0.15, 0.2) is 11.5 Å². The molecule has 0 radical (unpaired) electrons. The highest BCUT2D eigenvalue weighted by molar-refractivity contribution is 5.73. The van der Waals surface area contributed by atoms with Crippen molar-refractivity contribution in [2.75, 3.05) is 6.54 Å². The molecule has 1 fully saturated rings. The molecule has 1 saturated carbocycles. The van der Waals surface area contributed by atoms with E-state index in [1.54, 1.807) is 0 Å². The van der Waals surface area contributed by atoms with Gasteiger partial charge in [-0.05, 0) is 43.0 Å². The average Bonchev–Trinajstić information content (AvgIpc) is 2.87. The Labute approximate surface area is 120 Å². The van der Waals surface area contributed by atoms with Crippen molar-refractivity contribution in [2.45, 2.75) is 52.0 Å². The van der Waals surface area contributed by atoms with Crippen molar-refractivity contribution in [1.29, 1.82) is 0 Å². The van der Waals surface area contributed by atoms with Crippen molar-refractivity contribution in [1.82, 2.24) is 10.3 Å². The molecule has 3 rings (SSSR count). The van der Waals surface area contributed by atoms with E-state index in [2.05, 4.69) is 35.4 Å². The minimum atomic E-state index is 0.776. The fraction of sp³-hybridized carbons (Fsp3) is 0.588. The normalized spacial score (nSPS) is 16.9. The van der Waals surface area contributed by atoms with Crippen LogP contribution in [0.15, 0.2) is 22.6 Å². The maximum absolute atomic E-state index is 5.90. The van der Waals surface area contributed by atoms with Crippen LogP contribution in [0.3, 0.4) is 0 Å². The molecule has 0 amide bonds. The summed E-state index contributed by atoms with van der Waals surface area (Å²) in [5.41, 5.74) is 3.21. The molecule has 1 heterocycles. The van der Waals surface area contributed by atoms with Crippen LogP contribution in [0.2, 0.25) is 0 Å². The maximum atomic E-state index is 5.90. The zero-order valence-electron chi connectivity index (χ0n) is 12.3. The van der Waals surface area contributed by atoms with Crippen LogP contribution >= 0.6 is 0 Å². The number of nitrogens with one attached hydrogen (secondary N) is 1. The molecule has 3 nitrogen and oxygen atoms in total. The van der Waals surface area contributed by atoms with E-state index in [1.807, 2.05) is 0 Å². The third-order valence-electron chi connectivity index (χ3n) is 4.26. The molecular formula is C17H24N2O. The monoisotopic (exact) mass is 272 g/mol. The molecule has 0 atom stereocenters. The lowest BCUT2D eigenvalue weighted by atomic mass is 9.87. The third-order valence-corrected chi connectivity index (χ3v) is 4.26. The molecule has 0 spiro atoms. The third kappa shape index (κ3) is 3.21. The summed E-state index contributed by atoms with van der Waals surface area (Å²) in [5.74, 6) is 1.70. The van der Waals surface area contributed by atoms with Crippen LogP contribution in [-0.4, -0.2) is 11.5 Å². The SMILES string of the molecule is CCNCc1ccc2oc(CC3CCCCC3)nc2c1. The van der Waals surface area contributed by atoms with Gasteiger partial charge >= 0.3 is 0 Å². The van der Waals surface area contributed by atoms with Gasteiger partial charge in [-0.3, -0.25) is 0 Å². The number of hydrogen-bond acceptors (Lipinski definition) is 3. The molecule has 3 heteroatoms. The Balaban J connectivity index is 1.72. The van der Waals surface area contributed by atoms with Gasteiger partial charge in [0.05, 0.1) is 0 Å². The highest BCUT2D eigenvalue weighted by Crippen LogP contribution is 2.28. The minimum absolute atomic E-state index is 0.776. The number of rotatable bonds is 5. The number of benzene rings is 1. The Kier molecular flexibility index (Phi) is 4.36. The first-order valence-corrected chi connectivity index (χ1v) is 7.94. The first kappa shape index (κ1) is 13.6. The lowest BCUT2D eigenvalue weighted by Crippen LogP contribution is -2.11. The topological polar surface area (TPSA) is 38.1 Å². The Morgan fingerprint density at radius 3 is 2.90 bits per heavy atom. The van der Waals surface area contributed by atoms with E-state index >= 15 is 0 Å². The van der Waals surface area contributed by atoms with E-state index in [0.29, 0.717) is 0 Å². The number of fused-ring (bicyclic) bond motifs is 1. The van der Waals surface area contributed by atoms with Crippen molar-refractivity contribution >= 4 is 11.1 Å². The van der Waals surface area contributed by atoms with Crippen LogP contribution in [0, 0.1) is 5.92 Å². The summed E-state index contributed by atoms with van der Waals surface area (Å²) in [6.07, 6.45) is 7.83. The highest BCUT2D eigenvalue weighted by Gasteiger charge is 2.17. The van der Waals surface area contributed by atoms with Gasteiger partial charge in [-0.1, -0.05) is 32.3 Å². The zero-order valence-corrected chi connectivity index (χ0v) is 12.3. The van der Waals surface area contributed by atoms with Gasteiger partial charge in [-0.25, -0.2) is 4.98 Å². The highest BCUT2D eigenvalue weighted by atomic mass is 16.3. The molecule has 108 valence electrons. The van der Waals surface area contributed by atoms with E-state index in [0.717, 1.165) is 42.4 Å². The molecule has 0 bridgehead atoms. The van der Waals surface area contributed by atoms with Gasteiger partial charge in [0.2, 0.25) is 0 Å². The summed E-state index contributed by atoms with van der Waals surface area (Å²) in [7, 11) is 0. The molecule has 1 aromatic carbocycles. The van der Waals surface area contributed by atoms with Gasteiger partial charge in [0.25, 0.3) is 0 Å². The molecule has 1 aromatic heterocycles. The predicted octanol–water partition coefficient (Wildman–Crippen LogP) is 4.06. The molecular weight excluding hydrogens is 248 g/mol. The Bertz CT molecular complexity index is 555. The molecule has 0 aliphatic heterocycles. The van der Waals surface area contributed by atoms with Crippen molar-refractivity contribution in [3.63, 3.8) is 0 Å². The van der Waals surface area contributed by atoms with E-state index < -0.39 is 0 Å². The first-order chi connectivity index (χ1) is 9.85. The first-order valence-electron chi connectivity index (χ1n) is 7.94. The number of aromatic nitrogens is 1. The average molecular weight is 272 g/mol. The second-order valence-corrected chi connectivity index (χ2v) is 5.90. The molecule has 1 aliphatic carbocycles. The van der Waals surface area contributed by atoms with Crippen molar-refractivity contribution in [3.8, 4) is 0 Å². The van der Waals surface area contributed by atoms with Crippen LogP contribution in [0.1, 0.15) is 50.5 Å². The second-order valence-electron chi connectivity index (χ2n) is 5.90. The molecule has 1 N–H and O–H groups in total. The van der Waals surface area contributed by atoms with Gasteiger partial charge < -0.3 is 9.73 Å². The van der Waals surface area contributed by atoms with Gasteiger partial charge in [-0.15, -0.1) is 0 Å². The van der Waals surface area contributed by atoms with Crippen molar-refractivity contribution in [2.24, 2.45) is 5.92 Å². The Morgan fingerprint density at radius 2 is 2.10 bits per heavy atom. The van der Waals surface area contributed by atoms with Crippen LogP contribution < -0.4 is 5.32 Å². The van der Waals surface area contributed by atoms with Crippen molar-refractivity contribution in [3.05, 3.63) is 29.7 Å². The predicted molar refractivity (Wildman–Crippen MR) is 81.7 cm³/mol. The summed E-state index contributed by atoms with van der Waals surface area (Å²) in [6.45, 7) is 4.01. The van der Waals surface area contributed by atoms with E-state index in [9.17, 15) is 0 Å². The summed E-state index contributed by atoms with van der Waals surface area (Å²) in [5, 5.41) is 3.34. The van der Waals surface area contributed by atoms with Crippen LogP contribution in [-0.2, 0) is 13.0 Å². The maximum Gasteiger partial charge on any atom is 0.195 e. The Morgan fingerprint density at radius 1 is 1.25 bits per heavy atom. The summed E-state index contributed by atoms with van der Waals surface area (Å²) in [4.78, 5) is 4.68. The van der Waals surface area contributed by atoms with Gasteiger partial charge in [-0.2, -0.15) is 0 Å². The van der Waals surface area contributed by atoms with E-state index in [-0.39, 0.29) is 0 Å². The van der Waals surface area contributed by atoms with Crippen molar-refractivity contribution < 1.29 is 4.42 Å². The lowest BCUT2D eigenvalue weighted by Gasteiger charge is -2.19. The zero-order chi connectivity index (χ0) is 13.8. The molecule has 20 heavy (non-hydrogen) atoms. The number of oxazole rings is 1. The van der Waals surface area contributed by atoms with Gasteiger partial charge in [0.1, 0.15) is 5.52 Å². The summed E-state index contributed by atoms with van der Waals surface area (Å²) in [6, 6.07) is 6.33. The number of hydrogen-bond donors (Lipinski definition) is 1. The quantitative estimate of drug-likeness (QED) is 0.892. The standard InChI is InChI=1S/C17H24N2O/c1-2-18-12-14-8-9-16-15(10-14)19-17(20-16)11-13-6-4-3-5-7-13/h8-10,13,18H,2-7,11-12H2,1H3. The van der Waals surface area contributed by atoms with E-state index in [1.165, 1.54) is 37.7 Å². The molecule has 2 aromatic rings. The molecule has 0 saturated heterocycles. The summed E-state index contributed by atoms with van der Waals surface area (Å²) >= 11 is 0. The lowest BCUT2D eigenvalue weighted by molar-refractivity contribution is 0.332. The fourth-order valence-electron chi connectivity index (χ4n) is 3.13. The Hall–Kier alpha value is -1.35. The largest absolute Gasteiger partial charge is 0.441 e. The number of nitrogens with zero attached hydrogens (tertiary/aromatic N) is 1. The summed E-state index contributed by atoms with van der Waals surface area (Å²) < 4.78 is 5.90. The van der Waals surface area contributed by atoms with Crippen LogP contribution in [0.4, 0.5) is 0 Å². The van der Waals surface area contributed by atoms with Crippen LogP contribution in [0.5, 0.6) is 0 Å².